The second kappa shape index (κ2) is 8.47. The first-order chi connectivity index (χ1) is 10.2. The van der Waals surface area contributed by atoms with Crippen molar-refractivity contribution in [3.05, 3.63) is 65.2 Å². The largest absolute Gasteiger partial charge is 0.309 e. The summed E-state index contributed by atoms with van der Waals surface area (Å²) in [6, 6.07) is 19.1. The lowest BCUT2D eigenvalue weighted by atomic mass is 10.0. The normalized spacial score (nSPS) is 13.9. The van der Waals surface area contributed by atoms with Crippen molar-refractivity contribution in [1.82, 2.24) is 5.32 Å². The van der Waals surface area contributed by atoms with Crippen LogP contribution in [0.15, 0.2) is 59.5 Å². The van der Waals surface area contributed by atoms with E-state index in [9.17, 15) is 0 Å². The van der Waals surface area contributed by atoms with Gasteiger partial charge in [0.15, 0.2) is 0 Å². The van der Waals surface area contributed by atoms with Gasteiger partial charge in [-0.2, -0.15) is 0 Å². The maximum Gasteiger partial charge on any atom is 0.0441 e. The van der Waals surface area contributed by atoms with Crippen LogP contribution in [0.25, 0.3) is 0 Å². The van der Waals surface area contributed by atoms with Crippen LogP contribution >= 0.6 is 23.4 Å². The number of hydrogen-bond acceptors (Lipinski definition) is 2. The van der Waals surface area contributed by atoms with E-state index in [1.54, 1.807) is 0 Å². The van der Waals surface area contributed by atoms with Crippen LogP contribution < -0.4 is 5.32 Å². The van der Waals surface area contributed by atoms with Crippen molar-refractivity contribution in [2.24, 2.45) is 0 Å². The minimum absolute atomic E-state index is 0.343. The molecule has 0 amide bonds. The number of benzene rings is 2. The lowest BCUT2D eigenvalue weighted by molar-refractivity contribution is 0.528. The van der Waals surface area contributed by atoms with Crippen LogP contribution in [0.3, 0.4) is 0 Å². The fourth-order valence-corrected chi connectivity index (χ4v) is 3.76. The molecule has 1 nitrogen and oxygen atoms in total. The Morgan fingerprint density at radius 1 is 1.10 bits per heavy atom. The van der Waals surface area contributed by atoms with Gasteiger partial charge in [0, 0.05) is 21.2 Å². The summed E-state index contributed by atoms with van der Waals surface area (Å²) in [6.07, 6.45) is 1.14. The van der Waals surface area contributed by atoms with E-state index in [1.165, 1.54) is 10.5 Å². The second-order valence-corrected chi connectivity index (χ2v) is 7.01. The van der Waals surface area contributed by atoms with Crippen LogP contribution in [-0.2, 0) is 0 Å². The molecule has 0 spiro atoms. The molecule has 2 rings (SSSR count). The Kier molecular flexibility index (Phi) is 6.62. The lowest BCUT2D eigenvalue weighted by Gasteiger charge is -2.25. The maximum absolute atomic E-state index is 6.08. The molecule has 0 aromatic heterocycles. The molecule has 0 heterocycles. The number of thioether (sulfide) groups is 1. The van der Waals surface area contributed by atoms with E-state index in [2.05, 4.69) is 55.6 Å². The molecule has 0 aliphatic carbocycles. The summed E-state index contributed by atoms with van der Waals surface area (Å²) in [5, 5.41) is 4.89. The Morgan fingerprint density at radius 2 is 1.86 bits per heavy atom. The molecule has 2 aromatic rings. The molecule has 0 aliphatic heterocycles. The van der Waals surface area contributed by atoms with Gasteiger partial charge in [0.25, 0.3) is 0 Å². The zero-order valence-corrected chi connectivity index (χ0v) is 14.1. The highest BCUT2D eigenvalue weighted by atomic mass is 35.5. The van der Waals surface area contributed by atoms with Crippen LogP contribution in [0.1, 0.15) is 31.9 Å². The van der Waals surface area contributed by atoms with Crippen molar-refractivity contribution < 1.29 is 0 Å². The molecule has 2 aromatic carbocycles. The average molecular weight is 320 g/mol. The summed E-state index contributed by atoms with van der Waals surface area (Å²) in [5.74, 6) is 0. The lowest BCUT2D eigenvalue weighted by Crippen LogP contribution is -2.29. The summed E-state index contributed by atoms with van der Waals surface area (Å²) in [7, 11) is 0. The van der Waals surface area contributed by atoms with E-state index in [-0.39, 0.29) is 0 Å². The number of nitrogens with one attached hydrogen (secondary N) is 1. The molecule has 2 unspecified atom stereocenters. The number of hydrogen-bond donors (Lipinski definition) is 1. The number of rotatable bonds is 7. The molecule has 2 atom stereocenters. The van der Waals surface area contributed by atoms with E-state index in [0.29, 0.717) is 11.3 Å². The van der Waals surface area contributed by atoms with E-state index >= 15 is 0 Å². The summed E-state index contributed by atoms with van der Waals surface area (Å²) >= 11 is 7.94. The first-order valence-corrected chi connectivity index (χ1v) is 8.67. The average Bonchev–Trinajstić information content (AvgIpc) is 2.49. The highest BCUT2D eigenvalue weighted by Gasteiger charge is 2.19. The molecule has 0 radical (unpaired) electrons. The van der Waals surface area contributed by atoms with E-state index in [0.717, 1.165) is 18.0 Å². The monoisotopic (exact) mass is 319 g/mol. The molecule has 0 fully saturated rings. The SMILES string of the molecule is CCCNC(c1ccccc1)C(C)Sc1cccc(Cl)c1. The van der Waals surface area contributed by atoms with Crippen molar-refractivity contribution in [2.45, 2.75) is 36.5 Å². The second-order valence-electron chi connectivity index (χ2n) is 5.12. The highest BCUT2D eigenvalue weighted by Crippen LogP contribution is 2.33. The fraction of sp³-hybridized carbons (Fsp3) is 0.333. The Hall–Kier alpha value is -0.960. The van der Waals surface area contributed by atoms with Gasteiger partial charge in [0.05, 0.1) is 0 Å². The van der Waals surface area contributed by atoms with Crippen molar-refractivity contribution >= 4 is 23.4 Å². The minimum Gasteiger partial charge on any atom is -0.309 e. The van der Waals surface area contributed by atoms with Gasteiger partial charge in [-0.15, -0.1) is 11.8 Å². The molecular weight excluding hydrogens is 298 g/mol. The third-order valence-corrected chi connectivity index (χ3v) is 4.77. The van der Waals surface area contributed by atoms with Gasteiger partial charge in [-0.25, -0.2) is 0 Å². The molecule has 0 aliphatic rings. The van der Waals surface area contributed by atoms with Crippen LogP contribution in [-0.4, -0.2) is 11.8 Å². The van der Waals surface area contributed by atoms with Crippen molar-refractivity contribution in [2.75, 3.05) is 6.54 Å². The first kappa shape index (κ1) is 16.4. The van der Waals surface area contributed by atoms with Gasteiger partial charge in [-0.05, 0) is 36.7 Å². The van der Waals surface area contributed by atoms with Gasteiger partial charge in [-0.3, -0.25) is 0 Å². The van der Waals surface area contributed by atoms with Gasteiger partial charge >= 0.3 is 0 Å². The summed E-state index contributed by atoms with van der Waals surface area (Å²) in [6.45, 7) is 5.50. The zero-order chi connectivity index (χ0) is 15.1. The molecule has 112 valence electrons. The molecule has 21 heavy (non-hydrogen) atoms. The Morgan fingerprint density at radius 3 is 2.52 bits per heavy atom. The van der Waals surface area contributed by atoms with Gasteiger partial charge in [-0.1, -0.05) is 61.8 Å². The summed E-state index contributed by atoms with van der Waals surface area (Å²) < 4.78 is 0. The predicted octanol–water partition coefficient (Wildman–Crippen LogP) is 5.56. The molecule has 0 saturated heterocycles. The van der Waals surface area contributed by atoms with Gasteiger partial charge in [0.1, 0.15) is 0 Å². The maximum atomic E-state index is 6.08. The van der Waals surface area contributed by atoms with E-state index in [1.807, 2.05) is 30.0 Å². The Labute approximate surface area is 137 Å². The van der Waals surface area contributed by atoms with Crippen LogP contribution in [0.5, 0.6) is 0 Å². The van der Waals surface area contributed by atoms with Crippen LogP contribution in [0.2, 0.25) is 5.02 Å². The highest BCUT2D eigenvalue weighted by molar-refractivity contribution is 8.00. The van der Waals surface area contributed by atoms with Gasteiger partial charge in [0.2, 0.25) is 0 Å². The summed E-state index contributed by atoms with van der Waals surface area (Å²) in [4.78, 5) is 1.22. The Bertz CT molecular complexity index is 544. The van der Waals surface area contributed by atoms with Crippen molar-refractivity contribution in [3.63, 3.8) is 0 Å². The smallest absolute Gasteiger partial charge is 0.0441 e. The molecule has 3 heteroatoms. The quantitative estimate of drug-likeness (QED) is 0.670. The van der Waals surface area contributed by atoms with E-state index < -0.39 is 0 Å². The molecule has 0 bridgehead atoms. The predicted molar refractivity (Wildman–Crippen MR) is 94.2 cm³/mol. The number of halogens is 1. The van der Waals surface area contributed by atoms with Crippen LogP contribution in [0.4, 0.5) is 0 Å². The first-order valence-electron chi connectivity index (χ1n) is 7.41. The standard InChI is InChI=1S/C18H22ClNS/c1-3-12-20-18(15-8-5-4-6-9-15)14(2)21-17-11-7-10-16(19)13-17/h4-11,13-14,18,20H,3,12H2,1-2H3. The third-order valence-electron chi connectivity index (χ3n) is 3.36. The van der Waals surface area contributed by atoms with E-state index in [4.69, 9.17) is 11.6 Å². The summed E-state index contributed by atoms with van der Waals surface area (Å²) in [5.41, 5.74) is 1.34. The van der Waals surface area contributed by atoms with Gasteiger partial charge < -0.3 is 5.32 Å². The van der Waals surface area contributed by atoms with Crippen molar-refractivity contribution in [3.8, 4) is 0 Å². The zero-order valence-electron chi connectivity index (χ0n) is 12.6. The molecule has 0 saturated carbocycles. The Balaban J connectivity index is 2.12. The third kappa shape index (κ3) is 5.06. The van der Waals surface area contributed by atoms with Crippen molar-refractivity contribution in [1.29, 1.82) is 0 Å². The van der Waals surface area contributed by atoms with Crippen LogP contribution in [0, 0.1) is 0 Å². The minimum atomic E-state index is 0.343. The molecule has 1 N–H and O–H groups in total. The topological polar surface area (TPSA) is 12.0 Å². The fourth-order valence-electron chi connectivity index (χ4n) is 2.34. The molecular formula is C18H22ClNS.